The van der Waals surface area contributed by atoms with Crippen LogP contribution in [0.5, 0.6) is 11.5 Å². The molecular weight excluding hydrogens is 520 g/mol. The van der Waals surface area contributed by atoms with Gasteiger partial charge in [-0.3, -0.25) is 9.59 Å². The summed E-state index contributed by atoms with van der Waals surface area (Å²) >= 11 is 0. The van der Waals surface area contributed by atoms with E-state index in [0.717, 1.165) is 25.7 Å². The number of methoxy groups -OCH3 is 1. The van der Waals surface area contributed by atoms with Crippen molar-refractivity contribution in [2.75, 3.05) is 33.7 Å². The molecule has 1 saturated carbocycles. The second-order valence-electron chi connectivity index (χ2n) is 10.5. The minimum atomic E-state index is -1.07. The van der Waals surface area contributed by atoms with E-state index in [-0.39, 0.29) is 35.8 Å². The van der Waals surface area contributed by atoms with Crippen LogP contribution in [0.4, 0.5) is 0 Å². The van der Waals surface area contributed by atoms with E-state index in [1.165, 1.54) is 52.0 Å². The molecule has 1 aliphatic heterocycles. The first-order valence-electron chi connectivity index (χ1n) is 14.3. The quantitative estimate of drug-likeness (QED) is 0.214. The zero-order valence-electron chi connectivity index (χ0n) is 24.1. The van der Waals surface area contributed by atoms with E-state index in [9.17, 15) is 14.4 Å². The van der Waals surface area contributed by atoms with Gasteiger partial charge in [0.05, 0.1) is 26.4 Å². The smallest absolute Gasteiger partial charge is 0.331 e. The highest BCUT2D eigenvalue weighted by Gasteiger charge is 2.37. The minimum absolute atomic E-state index is 0.0216. The summed E-state index contributed by atoms with van der Waals surface area (Å²) in [6, 6.07) is 0.430. The molecule has 224 valence electrons. The second-order valence-corrected chi connectivity index (χ2v) is 10.5. The third-order valence-electron chi connectivity index (χ3n) is 7.37. The van der Waals surface area contributed by atoms with Crippen molar-refractivity contribution in [1.82, 2.24) is 10.3 Å². The Kier molecular flexibility index (Phi) is 12.9. The van der Waals surface area contributed by atoms with Gasteiger partial charge in [-0.1, -0.05) is 45.4 Å². The number of aromatic nitrogens is 1. The maximum absolute atomic E-state index is 13.3. The number of hydrogen-bond donors (Lipinski definition) is 1. The van der Waals surface area contributed by atoms with E-state index in [4.69, 9.17) is 28.4 Å². The summed E-state index contributed by atoms with van der Waals surface area (Å²) in [6.45, 7) is 5.72. The first kappa shape index (κ1) is 31.6. The Bertz CT molecular complexity index is 967. The highest BCUT2D eigenvalue weighted by molar-refractivity contribution is 5.98. The standard InChI is InChI=1S/C29H44N2O9/c1-5-6-9-14-37-26-19(2)40-29(34)23(17-36-16-22(26)15-21-10-7-8-11-21)31-28(33)25-27(39-18-38-20(3)32)24(35-4)12-13-30-25/h12-13,19,21-23,26H,5-11,14-18H2,1-4H3,(H,31,33). The van der Waals surface area contributed by atoms with Gasteiger partial charge in [0.15, 0.2) is 23.2 Å². The Labute approximate surface area is 236 Å². The third kappa shape index (κ3) is 9.33. The summed E-state index contributed by atoms with van der Waals surface area (Å²) in [4.78, 5) is 41.7. The number of rotatable bonds is 13. The SMILES string of the molecule is CCCCCOC1C(CC2CCCC2)COCC(NC(=O)c2nccc(OC)c2OCOC(C)=O)C(=O)OC1C. The maximum Gasteiger partial charge on any atom is 0.331 e. The molecule has 2 aliphatic rings. The lowest BCUT2D eigenvalue weighted by atomic mass is 9.87. The summed E-state index contributed by atoms with van der Waals surface area (Å²) in [5, 5.41) is 2.67. The number of esters is 2. The molecule has 1 saturated heterocycles. The van der Waals surface area contributed by atoms with E-state index in [0.29, 0.717) is 19.1 Å². The predicted molar refractivity (Wildman–Crippen MR) is 145 cm³/mol. The van der Waals surface area contributed by atoms with E-state index in [2.05, 4.69) is 17.2 Å². The van der Waals surface area contributed by atoms with Crippen LogP contribution in [0.2, 0.25) is 0 Å². The van der Waals surface area contributed by atoms with E-state index >= 15 is 0 Å². The molecule has 1 amide bonds. The lowest BCUT2D eigenvalue weighted by Gasteiger charge is -2.32. The van der Waals surface area contributed by atoms with Crippen molar-refractivity contribution in [2.45, 2.75) is 90.4 Å². The topological polar surface area (TPSA) is 132 Å². The fraction of sp³-hybridized carbons (Fsp3) is 0.724. The number of amides is 1. The summed E-state index contributed by atoms with van der Waals surface area (Å²) < 4.78 is 33.8. The molecule has 1 aliphatic carbocycles. The summed E-state index contributed by atoms with van der Waals surface area (Å²) in [5.74, 6) is -0.979. The van der Waals surface area contributed by atoms with Crippen LogP contribution in [0.1, 0.15) is 82.6 Å². The van der Waals surface area contributed by atoms with Crippen LogP contribution < -0.4 is 14.8 Å². The zero-order valence-corrected chi connectivity index (χ0v) is 24.1. The van der Waals surface area contributed by atoms with E-state index < -0.39 is 36.8 Å². The molecular formula is C29H44N2O9. The molecule has 1 aromatic heterocycles. The number of unbranched alkanes of at least 4 members (excludes halogenated alkanes) is 2. The summed E-state index contributed by atoms with van der Waals surface area (Å²) in [5.41, 5.74) is -0.136. The summed E-state index contributed by atoms with van der Waals surface area (Å²) in [6.07, 6.45) is 9.50. The molecule has 40 heavy (non-hydrogen) atoms. The molecule has 0 radical (unpaired) electrons. The number of hydrogen-bond acceptors (Lipinski definition) is 10. The van der Waals surface area contributed by atoms with Crippen molar-refractivity contribution in [3.8, 4) is 11.5 Å². The molecule has 2 fully saturated rings. The molecule has 1 N–H and O–H groups in total. The molecule has 0 aromatic carbocycles. The molecule has 11 heteroatoms. The van der Waals surface area contributed by atoms with Gasteiger partial charge in [-0.2, -0.15) is 0 Å². The molecule has 1 aromatic rings. The van der Waals surface area contributed by atoms with Crippen molar-refractivity contribution in [2.24, 2.45) is 11.8 Å². The average molecular weight is 565 g/mol. The lowest BCUT2D eigenvalue weighted by molar-refractivity contribution is -0.160. The Balaban J connectivity index is 1.73. The lowest BCUT2D eigenvalue weighted by Crippen LogP contribution is -2.46. The van der Waals surface area contributed by atoms with Crippen LogP contribution in [0.15, 0.2) is 12.3 Å². The van der Waals surface area contributed by atoms with Gasteiger partial charge in [0.1, 0.15) is 6.10 Å². The Hall–Kier alpha value is -2.92. The van der Waals surface area contributed by atoms with Crippen LogP contribution in [-0.4, -0.2) is 74.8 Å². The molecule has 2 heterocycles. The predicted octanol–water partition coefficient (Wildman–Crippen LogP) is 3.82. The van der Waals surface area contributed by atoms with Gasteiger partial charge in [-0.05, 0) is 25.7 Å². The molecule has 0 bridgehead atoms. The molecule has 4 atom stereocenters. The number of ether oxygens (including phenoxy) is 6. The van der Waals surface area contributed by atoms with Gasteiger partial charge < -0.3 is 33.7 Å². The molecule has 4 unspecified atom stereocenters. The average Bonchev–Trinajstić information content (AvgIpc) is 3.45. The second kappa shape index (κ2) is 16.4. The largest absolute Gasteiger partial charge is 0.493 e. The number of pyridine rings is 1. The van der Waals surface area contributed by atoms with Crippen LogP contribution in [-0.2, 0) is 28.5 Å². The molecule has 3 rings (SSSR count). The van der Waals surface area contributed by atoms with Crippen LogP contribution in [0.25, 0.3) is 0 Å². The van der Waals surface area contributed by atoms with Gasteiger partial charge in [0, 0.05) is 31.7 Å². The van der Waals surface area contributed by atoms with Gasteiger partial charge >= 0.3 is 11.9 Å². The zero-order chi connectivity index (χ0) is 28.9. The van der Waals surface area contributed by atoms with Gasteiger partial charge in [0.25, 0.3) is 5.91 Å². The van der Waals surface area contributed by atoms with Crippen molar-refractivity contribution in [3.05, 3.63) is 18.0 Å². The van der Waals surface area contributed by atoms with E-state index in [1.807, 2.05) is 6.92 Å². The fourth-order valence-electron chi connectivity index (χ4n) is 5.33. The van der Waals surface area contributed by atoms with Gasteiger partial charge in [-0.25, -0.2) is 9.78 Å². The third-order valence-corrected chi connectivity index (χ3v) is 7.37. The Morgan fingerprint density at radius 2 is 1.95 bits per heavy atom. The van der Waals surface area contributed by atoms with Crippen LogP contribution >= 0.6 is 0 Å². The monoisotopic (exact) mass is 564 g/mol. The number of cyclic esters (lactones) is 1. The first-order valence-corrected chi connectivity index (χ1v) is 14.3. The van der Waals surface area contributed by atoms with Crippen molar-refractivity contribution < 1.29 is 42.8 Å². The maximum atomic E-state index is 13.3. The van der Waals surface area contributed by atoms with Crippen LogP contribution in [0.3, 0.4) is 0 Å². The normalized spacial score (nSPS) is 23.9. The Morgan fingerprint density at radius 3 is 2.65 bits per heavy atom. The van der Waals surface area contributed by atoms with Crippen molar-refractivity contribution in [1.29, 1.82) is 0 Å². The van der Waals surface area contributed by atoms with E-state index in [1.54, 1.807) is 0 Å². The highest BCUT2D eigenvalue weighted by atomic mass is 16.7. The highest BCUT2D eigenvalue weighted by Crippen LogP contribution is 2.34. The molecule has 11 nitrogen and oxygen atoms in total. The van der Waals surface area contributed by atoms with Crippen LogP contribution in [0, 0.1) is 11.8 Å². The number of nitrogens with one attached hydrogen (secondary N) is 1. The minimum Gasteiger partial charge on any atom is -0.493 e. The summed E-state index contributed by atoms with van der Waals surface area (Å²) in [7, 11) is 1.41. The van der Waals surface area contributed by atoms with Crippen molar-refractivity contribution in [3.63, 3.8) is 0 Å². The molecule has 0 spiro atoms. The Morgan fingerprint density at radius 1 is 1.18 bits per heavy atom. The number of carbonyl (C=O) groups is 3. The van der Waals surface area contributed by atoms with Gasteiger partial charge in [-0.15, -0.1) is 0 Å². The fourth-order valence-corrected chi connectivity index (χ4v) is 5.33. The first-order chi connectivity index (χ1) is 19.3. The van der Waals surface area contributed by atoms with Crippen molar-refractivity contribution >= 4 is 17.8 Å². The number of nitrogens with zero attached hydrogens (tertiary/aromatic N) is 1. The van der Waals surface area contributed by atoms with Gasteiger partial charge in [0.2, 0.25) is 6.79 Å². The number of carbonyl (C=O) groups excluding carboxylic acids is 3.